The standard InChI is InChI=1S/C22H19N3O2S2/c1-29(26,27)19-9-7-16(8-10-19)15-28-22-24-20(17-5-3-2-4-6-17)21(25-22)18-11-13-23-14-12-18/h2-14H,15H2,1H3,(H,24,25). The molecular weight excluding hydrogens is 402 g/mol. The zero-order valence-corrected chi connectivity index (χ0v) is 17.4. The molecule has 0 aliphatic heterocycles. The minimum atomic E-state index is -3.18. The lowest BCUT2D eigenvalue weighted by Crippen LogP contribution is -1.96. The van der Waals surface area contributed by atoms with E-state index in [2.05, 4.69) is 9.97 Å². The van der Waals surface area contributed by atoms with Crippen LogP contribution in [0, 0.1) is 0 Å². The first-order valence-corrected chi connectivity index (χ1v) is 11.9. The van der Waals surface area contributed by atoms with Crippen molar-refractivity contribution in [2.45, 2.75) is 15.8 Å². The molecule has 7 heteroatoms. The molecule has 0 aliphatic carbocycles. The molecule has 2 heterocycles. The van der Waals surface area contributed by atoms with E-state index in [9.17, 15) is 8.42 Å². The van der Waals surface area contributed by atoms with E-state index in [1.165, 1.54) is 6.26 Å². The highest BCUT2D eigenvalue weighted by Crippen LogP contribution is 2.33. The first-order valence-electron chi connectivity index (χ1n) is 8.98. The summed E-state index contributed by atoms with van der Waals surface area (Å²) in [6, 6.07) is 20.9. The largest absolute Gasteiger partial charge is 0.332 e. The molecule has 4 rings (SSSR count). The third kappa shape index (κ3) is 4.58. The Labute approximate surface area is 174 Å². The van der Waals surface area contributed by atoms with Crippen LogP contribution in [0.4, 0.5) is 0 Å². The van der Waals surface area contributed by atoms with Gasteiger partial charge in [0.2, 0.25) is 0 Å². The van der Waals surface area contributed by atoms with E-state index in [1.54, 1.807) is 36.3 Å². The van der Waals surface area contributed by atoms with Gasteiger partial charge in [-0.2, -0.15) is 0 Å². The normalized spacial score (nSPS) is 11.5. The van der Waals surface area contributed by atoms with Crippen LogP contribution in [0.1, 0.15) is 5.56 Å². The number of hydrogen-bond donors (Lipinski definition) is 1. The molecular formula is C22H19N3O2S2. The van der Waals surface area contributed by atoms with Crippen molar-refractivity contribution in [1.82, 2.24) is 15.0 Å². The average molecular weight is 422 g/mol. The van der Waals surface area contributed by atoms with Gasteiger partial charge in [-0.1, -0.05) is 54.2 Å². The van der Waals surface area contributed by atoms with Gasteiger partial charge in [-0.15, -0.1) is 0 Å². The van der Waals surface area contributed by atoms with Gasteiger partial charge in [0.25, 0.3) is 0 Å². The quantitative estimate of drug-likeness (QED) is 0.451. The van der Waals surface area contributed by atoms with Gasteiger partial charge in [-0.25, -0.2) is 13.4 Å². The van der Waals surface area contributed by atoms with Gasteiger partial charge in [0.1, 0.15) is 0 Å². The van der Waals surface area contributed by atoms with Crippen molar-refractivity contribution < 1.29 is 8.42 Å². The van der Waals surface area contributed by atoms with Crippen molar-refractivity contribution in [2.75, 3.05) is 6.26 Å². The second-order valence-corrected chi connectivity index (χ2v) is 9.55. The van der Waals surface area contributed by atoms with E-state index in [0.29, 0.717) is 10.6 Å². The number of benzene rings is 2. The number of imidazole rings is 1. The Balaban J connectivity index is 1.61. The van der Waals surface area contributed by atoms with Crippen molar-refractivity contribution in [1.29, 1.82) is 0 Å². The second kappa shape index (κ2) is 8.23. The lowest BCUT2D eigenvalue weighted by molar-refractivity contribution is 0.602. The zero-order chi connectivity index (χ0) is 20.3. The Morgan fingerprint density at radius 1 is 0.897 bits per heavy atom. The van der Waals surface area contributed by atoms with Crippen molar-refractivity contribution in [3.8, 4) is 22.5 Å². The molecule has 146 valence electrons. The summed E-state index contributed by atoms with van der Waals surface area (Å²) >= 11 is 1.58. The van der Waals surface area contributed by atoms with Crippen LogP contribution in [0.25, 0.3) is 22.5 Å². The Hall–Kier alpha value is -2.90. The number of thioether (sulfide) groups is 1. The number of nitrogens with zero attached hydrogens (tertiary/aromatic N) is 2. The number of H-pyrrole nitrogens is 1. The molecule has 0 radical (unpaired) electrons. The van der Waals surface area contributed by atoms with E-state index in [0.717, 1.165) is 33.2 Å². The summed E-state index contributed by atoms with van der Waals surface area (Å²) in [4.78, 5) is 12.7. The molecule has 0 aliphatic rings. The molecule has 2 aromatic heterocycles. The number of aromatic amines is 1. The van der Waals surface area contributed by atoms with Crippen LogP contribution in [-0.4, -0.2) is 29.6 Å². The lowest BCUT2D eigenvalue weighted by atomic mass is 10.1. The van der Waals surface area contributed by atoms with Gasteiger partial charge in [-0.3, -0.25) is 4.98 Å². The Kier molecular flexibility index (Phi) is 5.51. The fourth-order valence-corrected chi connectivity index (χ4v) is 4.39. The maximum Gasteiger partial charge on any atom is 0.175 e. The summed E-state index contributed by atoms with van der Waals surface area (Å²) in [5.74, 6) is 0.682. The maximum atomic E-state index is 11.6. The van der Waals surface area contributed by atoms with Crippen molar-refractivity contribution >= 4 is 21.6 Å². The molecule has 0 amide bonds. The molecule has 4 aromatic rings. The monoisotopic (exact) mass is 421 g/mol. The number of pyridine rings is 1. The first-order chi connectivity index (χ1) is 14.0. The number of hydrogen-bond acceptors (Lipinski definition) is 5. The Bertz CT molecular complexity index is 1150. The molecule has 0 saturated heterocycles. The molecule has 0 fully saturated rings. The van der Waals surface area contributed by atoms with Crippen molar-refractivity contribution in [3.05, 3.63) is 84.7 Å². The van der Waals surface area contributed by atoms with Crippen molar-refractivity contribution in [2.24, 2.45) is 0 Å². The predicted octanol–water partition coefficient (Wildman–Crippen LogP) is 4.83. The SMILES string of the molecule is CS(=O)(=O)c1ccc(CSc2nc(-c3ccccc3)c(-c3ccncc3)[nH]2)cc1. The van der Waals surface area contributed by atoms with E-state index in [4.69, 9.17) is 4.98 Å². The van der Waals surface area contributed by atoms with E-state index < -0.39 is 9.84 Å². The van der Waals surface area contributed by atoms with Crippen LogP contribution >= 0.6 is 11.8 Å². The molecule has 2 aromatic carbocycles. The fraction of sp³-hybridized carbons (Fsp3) is 0.0909. The van der Waals surface area contributed by atoms with Gasteiger partial charge in [0.05, 0.1) is 16.3 Å². The maximum absolute atomic E-state index is 11.6. The highest BCUT2D eigenvalue weighted by molar-refractivity contribution is 7.98. The third-order valence-corrected chi connectivity index (χ3v) is 6.50. The summed E-state index contributed by atoms with van der Waals surface area (Å²) in [6.45, 7) is 0. The molecule has 0 saturated carbocycles. The first kappa shape index (κ1) is 19.4. The number of sulfone groups is 1. The van der Waals surface area contributed by atoms with Crippen LogP contribution in [0.3, 0.4) is 0 Å². The Morgan fingerprint density at radius 2 is 1.59 bits per heavy atom. The van der Waals surface area contributed by atoms with Gasteiger partial charge in [0.15, 0.2) is 15.0 Å². The van der Waals surface area contributed by atoms with E-state index in [-0.39, 0.29) is 0 Å². The van der Waals surface area contributed by atoms with Gasteiger partial charge in [0, 0.05) is 35.5 Å². The average Bonchev–Trinajstić information content (AvgIpc) is 3.18. The summed E-state index contributed by atoms with van der Waals surface area (Å²) in [5.41, 5.74) is 4.95. The van der Waals surface area contributed by atoms with Crippen LogP contribution in [-0.2, 0) is 15.6 Å². The van der Waals surface area contributed by atoms with Crippen molar-refractivity contribution in [3.63, 3.8) is 0 Å². The van der Waals surface area contributed by atoms with E-state index >= 15 is 0 Å². The highest BCUT2D eigenvalue weighted by Gasteiger charge is 2.14. The predicted molar refractivity (Wildman–Crippen MR) is 116 cm³/mol. The number of aromatic nitrogens is 3. The van der Waals surface area contributed by atoms with E-state index in [1.807, 2.05) is 54.6 Å². The number of rotatable bonds is 6. The Morgan fingerprint density at radius 3 is 2.24 bits per heavy atom. The third-order valence-electron chi connectivity index (χ3n) is 4.43. The minimum absolute atomic E-state index is 0.329. The fourth-order valence-electron chi connectivity index (χ4n) is 2.94. The molecule has 0 atom stereocenters. The summed E-state index contributed by atoms with van der Waals surface area (Å²) < 4.78 is 23.2. The van der Waals surface area contributed by atoms with Gasteiger partial charge < -0.3 is 4.98 Å². The number of nitrogens with one attached hydrogen (secondary N) is 1. The summed E-state index contributed by atoms with van der Waals surface area (Å²) in [5, 5.41) is 0.808. The minimum Gasteiger partial charge on any atom is -0.332 e. The molecule has 0 bridgehead atoms. The molecule has 1 N–H and O–H groups in total. The summed E-state index contributed by atoms with van der Waals surface area (Å²) in [6.07, 6.45) is 4.74. The van der Waals surface area contributed by atoms with Crippen LogP contribution in [0.2, 0.25) is 0 Å². The van der Waals surface area contributed by atoms with Crippen LogP contribution < -0.4 is 0 Å². The summed E-state index contributed by atoms with van der Waals surface area (Å²) in [7, 11) is -3.18. The topological polar surface area (TPSA) is 75.7 Å². The van der Waals surface area contributed by atoms with Gasteiger partial charge in [-0.05, 0) is 29.8 Å². The molecule has 5 nitrogen and oxygen atoms in total. The smallest absolute Gasteiger partial charge is 0.175 e. The zero-order valence-electron chi connectivity index (χ0n) is 15.7. The van der Waals surface area contributed by atoms with Crippen LogP contribution in [0.15, 0.2) is 89.2 Å². The molecule has 0 spiro atoms. The molecule has 29 heavy (non-hydrogen) atoms. The highest BCUT2D eigenvalue weighted by atomic mass is 32.2. The van der Waals surface area contributed by atoms with Gasteiger partial charge >= 0.3 is 0 Å². The lowest BCUT2D eigenvalue weighted by Gasteiger charge is -2.02. The van der Waals surface area contributed by atoms with Crippen LogP contribution in [0.5, 0.6) is 0 Å². The second-order valence-electron chi connectivity index (χ2n) is 6.57. The molecule has 0 unspecified atom stereocenters.